The lowest BCUT2D eigenvalue weighted by atomic mass is 9.87. The van der Waals surface area contributed by atoms with E-state index in [1.807, 2.05) is 19.9 Å². The van der Waals surface area contributed by atoms with Crippen molar-refractivity contribution < 1.29 is 9.13 Å². The highest BCUT2D eigenvalue weighted by molar-refractivity contribution is 7.19. The molecule has 0 bridgehead atoms. The van der Waals surface area contributed by atoms with E-state index >= 15 is 0 Å². The van der Waals surface area contributed by atoms with Gasteiger partial charge in [-0.05, 0) is 37.6 Å². The van der Waals surface area contributed by atoms with Crippen LogP contribution in [0.4, 0.5) is 4.39 Å². The Hall–Kier alpha value is -2.62. The standard InChI is InChI=1S/C19H13ClFN3OS/c1-8-6-9(2)24-19-13(8)16-17(26-19)14(10(7-22)18(23)25-16)15-11(20)4-3-5-12(15)21/h3-6,14H,23H2,1-2H3. The van der Waals surface area contributed by atoms with Crippen LogP contribution in [0.2, 0.25) is 5.02 Å². The van der Waals surface area contributed by atoms with Crippen molar-refractivity contribution in [3.63, 3.8) is 0 Å². The molecule has 3 aromatic rings. The van der Waals surface area contributed by atoms with E-state index in [-0.39, 0.29) is 22.0 Å². The Labute approximate surface area is 158 Å². The summed E-state index contributed by atoms with van der Waals surface area (Å²) in [4.78, 5) is 6.00. The minimum atomic E-state index is -0.726. The summed E-state index contributed by atoms with van der Waals surface area (Å²) in [6.45, 7) is 3.86. The van der Waals surface area contributed by atoms with Gasteiger partial charge in [0.1, 0.15) is 22.3 Å². The Morgan fingerprint density at radius 2 is 2.15 bits per heavy atom. The van der Waals surface area contributed by atoms with E-state index in [4.69, 9.17) is 22.1 Å². The maximum Gasteiger partial charge on any atom is 0.205 e. The van der Waals surface area contributed by atoms with Gasteiger partial charge in [-0.1, -0.05) is 17.7 Å². The van der Waals surface area contributed by atoms with Crippen molar-refractivity contribution in [1.29, 1.82) is 5.26 Å². The lowest BCUT2D eigenvalue weighted by molar-refractivity contribution is 0.400. The number of benzene rings is 1. The zero-order chi connectivity index (χ0) is 18.6. The number of pyridine rings is 1. The van der Waals surface area contributed by atoms with Gasteiger partial charge in [0.25, 0.3) is 0 Å². The van der Waals surface area contributed by atoms with Crippen molar-refractivity contribution in [2.75, 3.05) is 0 Å². The van der Waals surface area contributed by atoms with E-state index in [0.717, 1.165) is 21.5 Å². The van der Waals surface area contributed by atoms with Crippen LogP contribution >= 0.6 is 22.9 Å². The van der Waals surface area contributed by atoms with Crippen molar-refractivity contribution in [3.05, 3.63) is 68.3 Å². The maximum absolute atomic E-state index is 14.7. The van der Waals surface area contributed by atoms with Crippen LogP contribution in [0.3, 0.4) is 0 Å². The predicted molar refractivity (Wildman–Crippen MR) is 99.8 cm³/mol. The normalized spacial score (nSPS) is 16.3. The monoisotopic (exact) mass is 385 g/mol. The molecule has 7 heteroatoms. The number of aromatic nitrogens is 1. The fourth-order valence-corrected chi connectivity index (χ4v) is 4.95. The average Bonchev–Trinajstić information content (AvgIpc) is 2.92. The zero-order valence-electron chi connectivity index (χ0n) is 13.9. The topological polar surface area (TPSA) is 71.9 Å². The van der Waals surface area contributed by atoms with E-state index in [9.17, 15) is 9.65 Å². The minimum Gasteiger partial charge on any atom is -0.439 e. The SMILES string of the molecule is Cc1cc(C)c2c3c(sc2n1)C(c1c(F)cccc1Cl)C(C#N)=C(N)O3. The fraction of sp³-hybridized carbons (Fsp3) is 0.158. The molecular formula is C19H13ClFN3OS. The Kier molecular flexibility index (Phi) is 3.87. The highest BCUT2D eigenvalue weighted by Gasteiger charge is 2.37. The number of rotatable bonds is 1. The van der Waals surface area contributed by atoms with Gasteiger partial charge in [-0.3, -0.25) is 0 Å². The number of nitrogens with zero attached hydrogens (tertiary/aromatic N) is 2. The van der Waals surface area contributed by atoms with Crippen LogP contribution in [-0.2, 0) is 0 Å². The summed E-state index contributed by atoms with van der Waals surface area (Å²) in [6.07, 6.45) is 0. The molecule has 2 aromatic heterocycles. The number of ether oxygens (including phenoxy) is 1. The van der Waals surface area contributed by atoms with Gasteiger partial charge in [0.15, 0.2) is 5.75 Å². The van der Waals surface area contributed by atoms with Crippen LogP contribution in [0.25, 0.3) is 10.2 Å². The van der Waals surface area contributed by atoms with Gasteiger partial charge in [0.05, 0.1) is 16.2 Å². The first-order valence-electron chi connectivity index (χ1n) is 7.84. The summed E-state index contributed by atoms with van der Waals surface area (Å²) < 4.78 is 20.4. The number of hydrogen-bond donors (Lipinski definition) is 1. The summed E-state index contributed by atoms with van der Waals surface area (Å²) >= 11 is 7.66. The minimum absolute atomic E-state index is 0.0380. The molecule has 130 valence electrons. The Morgan fingerprint density at radius 3 is 2.85 bits per heavy atom. The number of halogens is 2. The molecule has 4 nitrogen and oxygen atoms in total. The van der Waals surface area contributed by atoms with Crippen LogP contribution in [0.5, 0.6) is 5.75 Å². The third-order valence-electron chi connectivity index (χ3n) is 4.41. The van der Waals surface area contributed by atoms with Crippen LogP contribution in [0.1, 0.15) is 27.6 Å². The number of allylic oxidation sites excluding steroid dienone is 1. The Morgan fingerprint density at radius 1 is 1.38 bits per heavy atom. The largest absolute Gasteiger partial charge is 0.439 e. The summed E-state index contributed by atoms with van der Waals surface area (Å²) in [5.41, 5.74) is 8.24. The van der Waals surface area contributed by atoms with Gasteiger partial charge in [-0.15, -0.1) is 11.3 Å². The van der Waals surface area contributed by atoms with E-state index in [1.165, 1.54) is 23.5 Å². The van der Waals surface area contributed by atoms with E-state index in [0.29, 0.717) is 10.6 Å². The second-order valence-corrected chi connectivity index (χ2v) is 7.55. The Bertz CT molecular complexity index is 1130. The predicted octanol–water partition coefficient (Wildman–Crippen LogP) is 4.92. The molecule has 1 aromatic carbocycles. The molecular weight excluding hydrogens is 373 g/mol. The molecule has 4 rings (SSSR count). The van der Waals surface area contributed by atoms with Gasteiger partial charge < -0.3 is 10.5 Å². The quantitative estimate of drug-likeness (QED) is 0.645. The fourth-order valence-electron chi connectivity index (χ4n) is 3.34. The van der Waals surface area contributed by atoms with Gasteiger partial charge in [0.2, 0.25) is 5.88 Å². The number of thiophene rings is 1. The van der Waals surface area contributed by atoms with Gasteiger partial charge in [-0.2, -0.15) is 5.26 Å². The van der Waals surface area contributed by atoms with Crippen molar-refractivity contribution in [2.45, 2.75) is 19.8 Å². The van der Waals surface area contributed by atoms with Crippen molar-refractivity contribution >= 4 is 33.2 Å². The number of nitrogens with two attached hydrogens (primary N) is 1. The van der Waals surface area contributed by atoms with E-state index in [1.54, 1.807) is 6.07 Å². The van der Waals surface area contributed by atoms with Gasteiger partial charge in [0, 0.05) is 16.3 Å². The van der Waals surface area contributed by atoms with Crippen LogP contribution < -0.4 is 10.5 Å². The molecule has 0 spiro atoms. The third kappa shape index (κ3) is 2.36. The van der Waals surface area contributed by atoms with Crippen LogP contribution in [0, 0.1) is 31.0 Å². The molecule has 1 aliphatic heterocycles. The molecule has 26 heavy (non-hydrogen) atoms. The number of fused-ring (bicyclic) bond motifs is 3. The smallest absolute Gasteiger partial charge is 0.205 e. The van der Waals surface area contributed by atoms with E-state index in [2.05, 4.69) is 11.1 Å². The average molecular weight is 386 g/mol. The summed E-state index contributed by atoms with van der Waals surface area (Å²) in [7, 11) is 0. The third-order valence-corrected chi connectivity index (χ3v) is 5.87. The molecule has 3 heterocycles. The van der Waals surface area contributed by atoms with Gasteiger partial charge >= 0.3 is 0 Å². The van der Waals surface area contributed by atoms with Crippen molar-refractivity contribution in [2.24, 2.45) is 5.73 Å². The second-order valence-electron chi connectivity index (χ2n) is 6.12. The Balaban J connectivity index is 2.09. The summed E-state index contributed by atoms with van der Waals surface area (Å²) in [5, 5.41) is 10.7. The maximum atomic E-state index is 14.7. The molecule has 0 saturated carbocycles. The molecule has 2 N–H and O–H groups in total. The first kappa shape index (κ1) is 16.8. The highest BCUT2D eigenvalue weighted by atomic mass is 35.5. The molecule has 0 radical (unpaired) electrons. The molecule has 0 amide bonds. The van der Waals surface area contributed by atoms with Crippen molar-refractivity contribution in [1.82, 2.24) is 4.98 Å². The van der Waals surface area contributed by atoms with Crippen molar-refractivity contribution in [3.8, 4) is 11.8 Å². The number of nitriles is 1. The molecule has 0 fully saturated rings. The number of aryl methyl sites for hydroxylation is 2. The van der Waals surface area contributed by atoms with Gasteiger partial charge in [-0.25, -0.2) is 9.37 Å². The molecule has 0 saturated heterocycles. The molecule has 0 aliphatic carbocycles. The highest BCUT2D eigenvalue weighted by Crippen LogP contribution is 2.52. The van der Waals surface area contributed by atoms with Crippen LogP contribution in [-0.4, -0.2) is 4.98 Å². The van der Waals surface area contributed by atoms with Crippen LogP contribution in [0.15, 0.2) is 35.7 Å². The first-order valence-corrected chi connectivity index (χ1v) is 9.04. The summed E-state index contributed by atoms with van der Waals surface area (Å²) in [6, 6.07) is 8.46. The lowest BCUT2D eigenvalue weighted by Gasteiger charge is -2.24. The zero-order valence-corrected chi connectivity index (χ0v) is 15.5. The molecule has 1 atom stereocenters. The van der Waals surface area contributed by atoms with E-state index < -0.39 is 11.7 Å². The first-order chi connectivity index (χ1) is 12.4. The molecule has 1 unspecified atom stereocenters. The molecule has 1 aliphatic rings. The second kappa shape index (κ2) is 5.97. The lowest BCUT2D eigenvalue weighted by Crippen LogP contribution is -2.20. The number of hydrogen-bond acceptors (Lipinski definition) is 5. The summed E-state index contributed by atoms with van der Waals surface area (Å²) in [5.74, 6) is -0.731.